The molecular formula is C34H34ClNO5. The second-order valence-electron chi connectivity index (χ2n) is 10.2. The first-order valence-corrected chi connectivity index (χ1v) is 14.3. The second kappa shape index (κ2) is 13.2. The van der Waals surface area contributed by atoms with Gasteiger partial charge in [0, 0.05) is 40.9 Å². The van der Waals surface area contributed by atoms with E-state index in [2.05, 4.69) is 5.32 Å². The summed E-state index contributed by atoms with van der Waals surface area (Å²) >= 11 is 6.10. The number of allylic oxidation sites excluding steroid dienone is 3. The summed E-state index contributed by atoms with van der Waals surface area (Å²) in [5.74, 6) is -0.260. The van der Waals surface area contributed by atoms with Gasteiger partial charge in [0.05, 0.1) is 12.2 Å². The molecule has 2 atom stereocenters. The summed E-state index contributed by atoms with van der Waals surface area (Å²) in [6.07, 6.45) is 1.00. The van der Waals surface area contributed by atoms with Crippen LogP contribution in [-0.2, 0) is 25.7 Å². The third kappa shape index (κ3) is 6.72. The summed E-state index contributed by atoms with van der Waals surface area (Å²) in [7, 11) is 0. The Morgan fingerprint density at radius 2 is 1.63 bits per heavy atom. The largest absolute Gasteiger partial charge is 0.489 e. The molecule has 1 heterocycles. The summed E-state index contributed by atoms with van der Waals surface area (Å²) < 4.78 is 16.9. The number of rotatable bonds is 10. The van der Waals surface area contributed by atoms with Crippen molar-refractivity contribution in [3.05, 3.63) is 123 Å². The average molecular weight is 572 g/mol. The zero-order chi connectivity index (χ0) is 28.8. The van der Waals surface area contributed by atoms with Crippen LogP contribution in [0.2, 0.25) is 5.02 Å². The predicted molar refractivity (Wildman–Crippen MR) is 159 cm³/mol. The van der Waals surface area contributed by atoms with Gasteiger partial charge in [0.1, 0.15) is 19.0 Å². The second-order valence-corrected chi connectivity index (χ2v) is 10.7. The normalized spacial score (nSPS) is 18.6. The van der Waals surface area contributed by atoms with Crippen molar-refractivity contribution >= 4 is 23.4 Å². The van der Waals surface area contributed by atoms with Crippen molar-refractivity contribution in [3.8, 4) is 5.75 Å². The highest BCUT2D eigenvalue weighted by molar-refractivity contribution is 6.30. The maximum atomic E-state index is 13.8. The number of hydrogen-bond donors (Lipinski definition) is 1. The van der Waals surface area contributed by atoms with Gasteiger partial charge in [-0.15, -0.1) is 0 Å². The molecule has 7 heteroatoms. The Hall–Kier alpha value is -3.87. The molecule has 0 saturated carbocycles. The minimum atomic E-state index is -0.548. The maximum absolute atomic E-state index is 13.8. The molecule has 0 amide bonds. The highest BCUT2D eigenvalue weighted by Crippen LogP contribution is 2.46. The van der Waals surface area contributed by atoms with E-state index >= 15 is 0 Å². The lowest BCUT2D eigenvalue weighted by molar-refractivity contribution is -0.140. The monoisotopic (exact) mass is 571 g/mol. The van der Waals surface area contributed by atoms with Gasteiger partial charge >= 0.3 is 5.97 Å². The number of ketones is 1. The van der Waals surface area contributed by atoms with E-state index in [9.17, 15) is 9.59 Å². The van der Waals surface area contributed by atoms with Gasteiger partial charge in [-0.05, 0) is 67.1 Å². The fraction of sp³-hybridized carbons (Fsp3) is 0.294. The van der Waals surface area contributed by atoms with E-state index in [1.165, 1.54) is 0 Å². The fourth-order valence-electron chi connectivity index (χ4n) is 5.53. The zero-order valence-corrected chi connectivity index (χ0v) is 24.1. The average Bonchev–Trinajstić information content (AvgIpc) is 2.98. The molecule has 0 saturated heterocycles. The van der Waals surface area contributed by atoms with Crippen LogP contribution in [0.4, 0.5) is 0 Å². The molecule has 212 valence electrons. The molecule has 0 unspecified atom stereocenters. The zero-order valence-electron chi connectivity index (χ0n) is 23.3. The molecule has 1 aliphatic heterocycles. The van der Waals surface area contributed by atoms with Gasteiger partial charge in [-0.1, -0.05) is 66.2 Å². The summed E-state index contributed by atoms with van der Waals surface area (Å²) in [4.78, 5) is 27.3. The van der Waals surface area contributed by atoms with Gasteiger partial charge in [-0.2, -0.15) is 0 Å². The number of nitrogens with one attached hydrogen (secondary N) is 1. The van der Waals surface area contributed by atoms with Crippen LogP contribution in [0.15, 0.2) is 101 Å². The SMILES string of the molecule is CCOCCOC(=O)C1=C(C)NC2=C(C(=O)C[C@H](c3ccc(Cl)cc3)C2)[C@@H]1c1ccc(OCc2ccccc2)cc1. The van der Waals surface area contributed by atoms with Crippen molar-refractivity contribution in [1.29, 1.82) is 0 Å². The summed E-state index contributed by atoms with van der Waals surface area (Å²) in [5.41, 5.74) is 5.56. The minimum absolute atomic E-state index is 0.0141. The quantitative estimate of drug-likeness (QED) is 0.212. The first-order chi connectivity index (χ1) is 19.9. The first kappa shape index (κ1) is 28.7. The van der Waals surface area contributed by atoms with Crippen LogP contribution in [0.5, 0.6) is 5.75 Å². The van der Waals surface area contributed by atoms with E-state index in [-0.39, 0.29) is 18.3 Å². The van der Waals surface area contributed by atoms with Crippen LogP contribution >= 0.6 is 11.6 Å². The topological polar surface area (TPSA) is 73.9 Å². The van der Waals surface area contributed by atoms with E-state index in [0.29, 0.717) is 60.3 Å². The van der Waals surface area contributed by atoms with Crippen molar-refractivity contribution in [2.45, 2.75) is 45.1 Å². The Balaban J connectivity index is 1.44. The summed E-state index contributed by atoms with van der Waals surface area (Å²) in [5, 5.41) is 4.06. The third-order valence-electron chi connectivity index (χ3n) is 7.52. The molecule has 41 heavy (non-hydrogen) atoms. The van der Waals surface area contributed by atoms with Crippen LogP contribution in [-0.4, -0.2) is 31.6 Å². The Bertz CT molecular complexity index is 1440. The minimum Gasteiger partial charge on any atom is -0.489 e. The Kier molecular flexibility index (Phi) is 9.22. The summed E-state index contributed by atoms with van der Waals surface area (Å²) in [6.45, 7) is 5.20. The lowest BCUT2D eigenvalue weighted by Gasteiger charge is -2.36. The van der Waals surface area contributed by atoms with E-state index in [0.717, 1.165) is 22.4 Å². The van der Waals surface area contributed by atoms with Crippen molar-refractivity contribution < 1.29 is 23.8 Å². The van der Waals surface area contributed by atoms with Gasteiger partial charge in [0.2, 0.25) is 0 Å². The lowest BCUT2D eigenvalue weighted by atomic mass is 9.72. The molecule has 0 fully saturated rings. The smallest absolute Gasteiger partial charge is 0.336 e. The predicted octanol–water partition coefficient (Wildman–Crippen LogP) is 6.86. The van der Waals surface area contributed by atoms with Crippen LogP contribution in [0, 0.1) is 0 Å². The highest BCUT2D eigenvalue weighted by atomic mass is 35.5. The molecule has 0 radical (unpaired) electrons. The molecule has 0 aromatic heterocycles. The van der Waals surface area contributed by atoms with Gasteiger partial charge in [0.15, 0.2) is 5.78 Å². The van der Waals surface area contributed by atoms with Crippen molar-refractivity contribution in [1.82, 2.24) is 5.32 Å². The van der Waals surface area contributed by atoms with E-state index in [4.69, 9.17) is 25.8 Å². The van der Waals surface area contributed by atoms with Crippen LogP contribution < -0.4 is 10.1 Å². The van der Waals surface area contributed by atoms with E-state index in [1.807, 2.05) is 92.7 Å². The van der Waals surface area contributed by atoms with Crippen molar-refractivity contribution in [3.63, 3.8) is 0 Å². The Labute approximate surface area is 246 Å². The Morgan fingerprint density at radius 1 is 0.927 bits per heavy atom. The van der Waals surface area contributed by atoms with Crippen LogP contribution in [0.1, 0.15) is 55.2 Å². The number of esters is 1. The van der Waals surface area contributed by atoms with Gasteiger partial charge in [0.25, 0.3) is 0 Å². The maximum Gasteiger partial charge on any atom is 0.336 e. The summed E-state index contributed by atoms with van der Waals surface area (Å²) in [6, 6.07) is 25.3. The molecule has 1 N–H and O–H groups in total. The number of hydrogen-bond acceptors (Lipinski definition) is 6. The standard InChI is InChI=1S/C34H34ClNO5/c1-3-39-17-18-40-34(38)31-22(2)36-29-19-26(24-9-13-27(35)14-10-24)20-30(37)33(29)32(31)25-11-15-28(16-12-25)41-21-23-7-5-4-6-8-23/h4-16,26,32,36H,3,17-21H2,1-2H3/t26-,32-/m1/s1. The van der Waals surface area contributed by atoms with Gasteiger partial charge in [-0.25, -0.2) is 4.79 Å². The lowest BCUT2D eigenvalue weighted by Crippen LogP contribution is -2.36. The third-order valence-corrected chi connectivity index (χ3v) is 7.77. The highest BCUT2D eigenvalue weighted by Gasteiger charge is 2.41. The number of dihydropyridines is 1. The van der Waals surface area contributed by atoms with Crippen LogP contribution in [0.3, 0.4) is 0 Å². The molecular weight excluding hydrogens is 538 g/mol. The molecule has 2 aliphatic rings. The number of halogens is 1. The number of carbonyl (C=O) groups is 2. The van der Waals surface area contributed by atoms with Gasteiger partial charge < -0.3 is 19.5 Å². The fourth-order valence-corrected chi connectivity index (χ4v) is 5.65. The van der Waals surface area contributed by atoms with E-state index in [1.54, 1.807) is 0 Å². The van der Waals surface area contributed by atoms with E-state index < -0.39 is 11.9 Å². The van der Waals surface area contributed by atoms with Crippen molar-refractivity contribution in [2.24, 2.45) is 0 Å². The van der Waals surface area contributed by atoms with Gasteiger partial charge in [-0.3, -0.25) is 4.79 Å². The molecule has 3 aromatic carbocycles. The van der Waals surface area contributed by atoms with Crippen LogP contribution in [0.25, 0.3) is 0 Å². The Morgan fingerprint density at radius 3 is 2.34 bits per heavy atom. The first-order valence-electron chi connectivity index (χ1n) is 14.0. The number of benzene rings is 3. The molecule has 5 rings (SSSR count). The number of carbonyl (C=O) groups excluding carboxylic acids is 2. The number of ether oxygens (including phenoxy) is 3. The molecule has 6 nitrogen and oxygen atoms in total. The molecule has 0 spiro atoms. The molecule has 3 aromatic rings. The molecule has 0 bridgehead atoms. The number of Topliss-reactive ketones (excluding diaryl/α,β-unsaturated/α-hetero) is 1. The van der Waals surface area contributed by atoms with Crippen molar-refractivity contribution in [2.75, 3.05) is 19.8 Å². The molecule has 1 aliphatic carbocycles.